The zero-order valence-electron chi connectivity index (χ0n) is 17.1. The number of allylic oxidation sites excluding steroid dienone is 1. The lowest BCUT2D eigenvalue weighted by molar-refractivity contribution is -0.111. The van der Waals surface area contributed by atoms with E-state index < -0.39 is 6.09 Å². The van der Waals surface area contributed by atoms with Gasteiger partial charge in [0.15, 0.2) is 17.3 Å². The van der Waals surface area contributed by atoms with Gasteiger partial charge in [0, 0.05) is 17.8 Å². The maximum absolute atomic E-state index is 12.4. The van der Waals surface area contributed by atoms with Gasteiger partial charge in [0.05, 0.1) is 27.9 Å². The Morgan fingerprint density at radius 3 is 2.30 bits per heavy atom. The van der Waals surface area contributed by atoms with E-state index in [1.54, 1.807) is 18.2 Å². The van der Waals surface area contributed by atoms with Crippen molar-refractivity contribution in [1.82, 2.24) is 4.90 Å². The molecule has 1 amide bonds. The first-order valence-electron chi connectivity index (χ1n) is 9.26. The average molecular weight is 409 g/mol. The smallest absolute Gasteiger partial charge is 0.414 e. The second-order valence-corrected chi connectivity index (χ2v) is 6.48. The van der Waals surface area contributed by atoms with Gasteiger partial charge in [-0.2, -0.15) is 0 Å². The van der Waals surface area contributed by atoms with E-state index in [-0.39, 0.29) is 18.9 Å². The van der Waals surface area contributed by atoms with Crippen LogP contribution in [-0.2, 0) is 16.1 Å². The Balaban J connectivity index is 1.78. The van der Waals surface area contributed by atoms with E-state index in [4.69, 9.17) is 18.9 Å². The van der Waals surface area contributed by atoms with Crippen molar-refractivity contribution in [1.29, 1.82) is 0 Å². The van der Waals surface area contributed by atoms with E-state index in [2.05, 4.69) is 0 Å². The van der Waals surface area contributed by atoms with Crippen LogP contribution in [0.25, 0.3) is 6.08 Å². The summed E-state index contributed by atoms with van der Waals surface area (Å²) < 4.78 is 21.4. The minimum atomic E-state index is -0.529. The summed E-state index contributed by atoms with van der Waals surface area (Å²) in [6.07, 6.45) is 3.94. The van der Waals surface area contributed by atoms with Crippen LogP contribution in [0.5, 0.6) is 17.2 Å². The summed E-state index contributed by atoms with van der Waals surface area (Å²) in [4.78, 5) is 26.1. The van der Waals surface area contributed by atoms with Gasteiger partial charge in [-0.25, -0.2) is 4.79 Å². The van der Waals surface area contributed by atoms with E-state index in [9.17, 15) is 9.59 Å². The number of carbonyl (C=O) groups is 2. The van der Waals surface area contributed by atoms with Crippen molar-refractivity contribution < 1.29 is 28.5 Å². The van der Waals surface area contributed by atoms with Gasteiger partial charge in [-0.3, -0.25) is 9.69 Å². The number of hydrogen-bond donors (Lipinski definition) is 0. The van der Waals surface area contributed by atoms with Crippen molar-refractivity contribution >= 4 is 18.0 Å². The minimum Gasteiger partial charge on any atom is -0.493 e. The van der Waals surface area contributed by atoms with Crippen LogP contribution in [0, 0.1) is 0 Å². The van der Waals surface area contributed by atoms with Gasteiger partial charge in [0.25, 0.3) is 0 Å². The summed E-state index contributed by atoms with van der Waals surface area (Å²) >= 11 is 0. The van der Waals surface area contributed by atoms with E-state index in [1.807, 2.05) is 30.3 Å². The summed E-state index contributed by atoms with van der Waals surface area (Å²) in [5.74, 6) is 1.22. The van der Waals surface area contributed by atoms with Crippen molar-refractivity contribution in [2.24, 2.45) is 0 Å². The number of benzene rings is 2. The maximum Gasteiger partial charge on any atom is 0.414 e. The van der Waals surface area contributed by atoms with E-state index in [0.717, 1.165) is 5.56 Å². The molecule has 1 aliphatic rings. The Morgan fingerprint density at radius 1 is 1.03 bits per heavy atom. The third kappa shape index (κ3) is 4.81. The maximum atomic E-state index is 12.4. The van der Waals surface area contributed by atoms with Gasteiger partial charge in [0.1, 0.15) is 6.61 Å². The van der Waals surface area contributed by atoms with Gasteiger partial charge >= 0.3 is 6.09 Å². The molecule has 2 aromatic carbocycles. The summed E-state index contributed by atoms with van der Waals surface area (Å²) in [5.41, 5.74) is 2.00. The number of carbonyl (C=O) groups excluding carboxylic acids is 2. The van der Waals surface area contributed by atoms with Gasteiger partial charge in [-0.1, -0.05) is 30.3 Å². The number of amides is 1. The molecule has 3 rings (SSSR count). The van der Waals surface area contributed by atoms with Gasteiger partial charge in [-0.05, 0) is 29.3 Å². The van der Waals surface area contributed by atoms with Crippen molar-refractivity contribution in [3.8, 4) is 17.2 Å². The van der Waals surface area contributed by atoms with Crippen molar-refractivity contribution in [3.05, 3.63) is 71.4 Å². The summed E-state index contributed by atoms with van der Waals surface area (Å²) in [6.45, 7) is 0.253. The summed E-state index contributed by atoms with van der Waals surface area (Å²) in [7, 11) is 4.56. The lowest BCUT2D eigenvalue weighted by Crippen LogP contribution is -2.33. The molecule has 0 fully saturated rings. The first-order valence-corrected chi connectivity index (χ1v) is 9.26. The van der Waals surface area contributed by atoms with Gasteiger partial charge in [-0.15, -0.1) is 0 Å². The highest BCUT2D eigenvalue weighted by atomic mass is 16.6. The number of ether oxygens (including phenoxy) is 4. The molecule has 0 N–H and O–H groups in total. The summed E-state index contributed by atoms with van der Waals surface area (Å²) in [6, 6.07) is 12.9. The second-order valence-electron chi connectivity index (χ2n) is 6.48. The molecule has 2 aromatic rings. The average Bonchev–Trinajstić information content (AvgIpc) is 2.78. The Labute approximate surface area is 175 Å². The molecule has 0 atom stereocenters. The molecule has 0 saturated heterocycles. The highest BCUT2D eigenvalue weighted by Gasteiger charge is 2.22. The molecule has 1 aliphatic heterocycles. The third-order valence-corrected chi connectivity index (χ3v) is 4.53. The molecule has 0 radical (unpaired) electrons. The van der Waals surface area contributed by atoms with Crippen LogP contribution < -0.4 is 14.2 Å². The van der Waals surface area contributed by atoms with E-state index in [1.165, 1.54) is 38.5 Å². The molecule has 0 aromatic heterocycles. The lowest BCUT2D eigenvalue weighted by Gasteiger charge is -2.22. The van der Waals surface area contributed by atoms with Gasteiger partial charge in [0.2, 0.25) is 5.75 Å². The first kappa shape index (κ1) is 21.0. The van der Waals surface area contributed by atoms with Crippen molar-refractivity contribution in [3.63, 3.8) is 0 Å². The molecule has 0 aliphatic carbocycles. The number of ketones is 1. The predicted molar refractivity (Wildman–Crippen MR) is 112 cm³/mol. The highest BCUT2D eigenvalue weighted by Crippen LogP contribution is 2.38. The molecule has 0 spiro atoms. The lowest BCUT2D eigenvalue weighted by atomic mass is 10.0. The van der Waals surface area contributed by atoms with Crippen molar-refractivity contribution in [2.45, 2.75) is 6.61 Å². The molecular formula is C23H23NO6. The Bertz CT molecular complexity index is 955. The predicted octanol–water partition coefficient (Wildman–Crippen LogP) is 3.83. The van der Waals surface area contributed by atoms with Gasteiger partial charge < -0.3 is 18.9 Å². The normalized spacial score (nSPS) is 14.6. The number of nitrogens with zero attached hydrogens (tertiary/aromatic N) is 1. The highest BCUT2D eigenvalue weighted by molar-refractivity contribution is 6.08. The van der Waals surface area contributed by atoms with Crippen LogP contribution in [0.2, 0.25) is 0 Å². The largest absolute Gasteiger partial charge is 0.493 e. The molecule has 7 nitrogen and oxygen atoms in total. The molecule has 30 heavy (non-hydrogen) atoms. The van der Waals surface area contributed by atoms with Crippen molar-refractivity contribution in [2.75, 3.05) is 27.9 Å². The molecule has 0 saturated carbocycles. The van der Waals surface area contributed by atoms with Crippen LogP contribution in [0.3, 0.4) is 0 Å². The molecule has 7 heteroatoms. The Hall–Kier alpha value is -3.74. The monoisotopic (exact) mass is 409 g/mol. The third-order valence-electron chi connectivity index (χ3n) is 4.53. The topological polar surface area (TPSA) is 74.3 Å². The fourth-order valence-corrected chi connectivity index (χ4v) is 3.01. The molecular weight excluding hydrogens is 386 g/mol. The molecule has 0 bridgehead atoms. The molecule has 1 heterocycles. The quantitative estimate of drug-likeness (QED) is 0.675. The molecule has 156 valence electrons. The minimum absolute atomic E-state index is 0.0968. The number of methoxy groups -OCH3 is 3. The fraction of sp³-hybridized carbons (Fsp3) is 0.217. The van der Waals surface area contributed by atoms with Crippen LogP contribution in [0.15, 0.2) is 60.3 Å². The van der Waals surface area contributed by atoms with Crippen LogP contribution in [0.4, 0.5) is 4.79 Å². The zero-order valence-corrected chi connectivity index (χ0v) is 17.1. The Kier molecular flexibility index (Phi) is 6.75. The molecule has 0 unspecified atom stereocenters. The SMILES string of the molecule is COc1cc(/C=C2\CN(C(=O)OCc3ccccc3)C=CC2=O)cc(OC)c1OC. The summed E-state index contributed by atoms with van der Waals surface area (Å²) in [5, 5.41) is 0. The van der Waals surface area contributed by atoms with Crippen LogP contribution in [0.1, 0.15) is 11.1 Å². The second kappa shape index (κ2) is 9.65. The van der Waals surface area contributed by atoms with Crippen LogP contribution >= 0.6 is 0 Å². The number of hydrogen-bond acceptors (Lipinski definition) is 6. The fourth-order valence-electron chi connectivity index (χ4n) is 3.01. The standard InChI is InChI=1S/C23H23NO6/c1-27-20-12-17(13-21(28-2)22(20)29-3)11-18-14-24(10-9-19(18)25)23(26)30-15-16-7-5-4-6-8-16/h4-13H,14-15H2,1-3H3/b18-11+. The number of rotatable bonds is 6. The zero-order chi connectivity index (χ0) is 21.5. The van der Waals surface area contributed by atoms with E-state index >= 15 is 0 Å². The Morgan fingerprint density at radius 2 is 1.70 bits per heavy atom. The van der Waals surface area contributed by atoms with Crippen LogP contribution in [-0.4, -0.2) is 44.7 Å². The first-order chi connectivity index (χ1) is 14.5. The van der Waals surface area contributed by atoms with E-state index in [0.29, 0.717) is 28.4 Å².